The van der Waals surface area contributed by atoms with Gasteiger partial charge in [-0.25, -0.2) is 5.01 Å². The number of nitrogens with zero attached hydrogens (tertiary/aromatic N) is 2. The van der Waals surface area contributed by atoms with Gasteiger partial charge in [0.15, 0.2) is 5.11 Å². The molecule has 0 aliphatic carbocycles. The Kier molecular flexibility index (Phi) is 4.31. The predicted octanol–water partition coefficient (Wildman–Crippen LogP) is 4.83. The maximum absolute atomic E-state index is 5.63. The van der Waals surface area contributed by atoms with Gasteiger partial charge >= 0.3 is 0 Å². The Hall–Kier alpha value is -2.92. The van der Waals surface area contributed by atoms with E-state index < -0.39 is 0 Å². The molecule has 1 unspecified atom stereocenters. The number of rotatable bonds is 3. The van der Waals surface area contributed by atoms with E-state index >= 15 is 0 Å². The SMILES string of the molecule is S=C(Nc1ccccc1)N1N=C(c2ccco2)CC1c1ccccc1. The maximum atomic E-state index is 5.63. The lowest BCUT2D eigenvalue weighted by Gasteiger charge is -2.24. The van der Waals surface area contributed by atoms with E-state index in [9.17, 15) is 0 Å². The molecule has 1 aliphatic heterocycles. The zero-order chi connectivity index (χ0) is 17.1. The fourth-order valence-electron chi connectivity index (χ4n) is 2.93. The summed E-state index contributed by atoms with van der Waals surface area (Å²) >= 11 is 5.63. The van der Waals surface area contributed by atoms with E-state index in [1.165, 1.54) is 5.56 Å². The zero-order valence-corrected chi connectivity index (χ0v) is 14.3. The molecule has 1 aromatic heterocycles. The third-order valence-electron chi connectivity index (χ3n) is 4.13. The molecule has 2 heterocycles. The van der Waals surface area contributed by atoms with E-state index in [1.54, 1.807) is 6.26 Å². The molecular formula is C20H17N3OS. The average Bonchev–Trinajstić information content (AvgIpc) is 3.33. The van der Waals surface area contributed by atoms with E-state index in [-0.39, 0.29) is 6.04 Å². The van der Waals surface area contributed by atoms with Crippen molar-refractivity contribution >= 4 is 28.7 Å². The summed E-state index contributed by atoms with van der Waals surface area (Å²) < 4.78 is 5.53. The first-order valence-corrected chi connectivity index (χ1v) is 8.53. The topological polar surface area (TPSA) is 40.8 Å². The van der Waals surface area contributed by atoms with E-state index in [2.05, 4.69) is 17.4 Å². The highest BCUT2D eigenvalue weighted by Gasteiger charge is 2.32. The Morgan fingerprint density at radius 3 is 2.40 bits per heavy atom. The minimum absolute atomic E-state index is 0.0463. The number of anilines is 1. The van der Waals surface area contributed by atoms with Crippen molar-refractivity contribution in [3.63, 3.8) is 0 Å². The minimum Gasteiger partial charge on any atom is -0.463 e. The first kappa shape index (κ1) is 15.6. The van der Waals surface area contributed by atoms with Crippen LogP contribution < -0.4 is 5.32 Å². The lowest BCUT2D eigenvalue weighted by molar-refractivity contribution is 0.375. The van der Waals surface area contributed by atoms with Crippen LogP contribution in [-0.4, -0.2) is 15.8 Å². The van der Waals surface area contributed by atoms with E-state index in [0.29, 0.717) is 5.11 Å². The Morgan fingerprint density at radius 1 is 1.00 bits per heavy atom. The monoisotopic (exact) mass is 347 g/mol. The molecule has 1 N–H and O–H groups in total. The molecule has 0 bridgehead atoms. The maximum Gasteiger partial charge on any atom is 0.194 e. The molecule has 25 heavy (non-hydrogen) atoms. The zero-order valence-electron chi connectivity index (χ0n) is 13.5. The molecule has 0 radical (unpaired) electrons. The molecule has 0 amide bonds. The summed E-state index contributed by atoms with van der Waals surface area (Å²) in [6.07, 6.45) is 2.41. The Labute approximate surface area is 151 Å². The molecule has 4 nitrogen and oxygen atoms in total. The van der Waals surface area contributed by atoms with Crippen LogP contribution in [-0.2, 0) is 0 Å². The van der Waals surface area contributed by atoms with Crippen LogP contribution in [0.25, 0.3) is 0 Å². The van der Waals surface area contributed by atoms with Gasteiger partial charge in [-0.2, -0.15) is 5.10 Å². The summed E-state index contributed by atoms with van der Waals surface area (Å²) in [6.45, 7) is 0. The number of hydrogen-bond donors (Lipinski definition) is 1. The smallest absolute Gasteiger partial charge is 0.194 e. The number of thiocarbonyl (C=S) groups is 1. The van der Waals surface area contributed by atoms with Gasteiger partial charge in [-0.15, -0.1) is 0 Å². The molecular weight excluding hydrogens is 330 g/mol. The molecule has 1 aliphatic rings. The van der Waals surface area contributed by atoms with Crippen LogP contribution >= 0.6 is 12.2 Å². The van der Waals surface area contributed by atoms with E-state index in [1.807, 2.05) is 65.7 Å². The number of furan rings is 1. The van der Waals surface area contributed by atoms with Crippen LogP contribution in [0.3, 0.4) is 0 Å². The number of hydrogen-bond acceptors (Lipinski definition) is 3. The normalized spacial score (nSPS) is 16.6. The van der Waals surface area contributed by atoms with Gasteiger partial charge in [0.25, 0.3) is 0 Å². The second-order valence-electron chi connectivity index (χ2n) is 5.80. The van der Waals surface area contributed by atoms with Crippen molar-refractivity contribution in [2.45, 2.75) is 12.5 Å². The molecule has 0 fully saturated rings. The lowest BCUT2D eigenvalue weighted by atomic mass is 10.0. The summed E-state index contributed by atoms with van der Waals surface area (Å²) in [7, 11) is 0. The van der Waals surface area contributed by atoms with Gasteiger partial charge in [-0.1, -0.05) is 48.5 Å². The van der Waals surface area contributed by atoms with Crippen LogP contribution in [0.2, 0.25) is 0 Å². The van der Waals surface area contributed by atoms with Gasteiger partial charge in [0.2, 0.25) is 0 Å². The molecule has 5 heteroatoms. The van der Waals surface area contributed by atoms with Crippen LogP contribution in [0, 0.1) is 0 Å². The van der Waals surface area contributed by atoms with Crippen molar-refractivity contribution in [1.82, 2.24) is 5.01 Å². The molecule has 124 valence electrons. The molecule has 4 rings (SSSR count). The van der Waals surface area contributed by atoms with Crippen LogP contribution in [0.1, 0.15) is 23.8 Å². The fraction of sp³-hybridized carbons (Fsp3) is 0.100. The summed E-state index contributed by atoms with van der Waals surface area (Å²) in [5.41, 5.74) is 3.02. The van der Waals surface area contributed by atoms with E-state index in [0.717, 1.165) is 23.6 Å². The average molecular weight is 347 g/mol. The van der Waals surface area contributed by atoms with Gasteiger partial charge in [-0.3, -0.25) is 0 Å². The van der Waals surface area contributed by atoms with Crippen molar-refractivity contribution in [2.24, 2.45) is 5.10 Å². The largest absolute Gasteiger partial charge is 0.463 e. The number of benzene rings is 2. The minimum atomic E-state index is 0.0463. The van der Waals surface area contributed by atoms with Gasteiger partial charge < -0.3 is 9.73 Å². The number of para-hydroxylation sites is 1. The lowest BCUT2D eigenvalue weighted by Crippen LogP contribution is -2.31. The van der Waals surface area contributed by atoms with Crippen molar-refractivity contribution in [2.75, 3.05) is 5.32 Å². The summed E-state index contributed by atoms with van der Waals surface area (Å²) in [5.74, 6) is 0.783. The first-order chi connectivity index (χ1) is 12.3. The van der Waals surface area contributed by atoms with Crippen molar-refractivity contribution < 1.29 is 4.42 Å². The van der Waals surface area contributed by atoms with Crippen molar-refractivity contribution in [1.29, 1.82) is 0 Å². The first-order valence-electron chi connectivity index (χ1n) is 8.13. The highest BCUT2D eigenvalue weighted by molar-refractivity contribution is 7.80. The van der Waals surface area contributed by atoms with Gasteiger partial charge in [0.05, 0.1) is 12.3 Å². The van der Waals surface area contributed by atoms with Gasteiger partial charge in [-0.05, 0) is 42.0 Å². The van der Waals surface area contributed by atoms with E-state index in [4.69, 9.17) is 21.7 Å². The van der Waals surface area contributed by atoms with Crippen molar-refractivity contribution in [3.8, 4) is 0 Å². The summed E-state index contributed by atoms with van der Waals surface area (Å²) in [4.78, 5) is 0. The molecule has 3 aromatic rings. The Morgan fingerprint density at radius 2 is 1.72 bits per heavy atom. The third-order valence-corrected chi connectivity index (χ3v) is 4.42. The number of nitrogens with one attached hydrogen (secondary N) is 1. The highest BCUT2D eigenvalue weighted by Crippen LogP contribution is 2.33. The molecule has 1 atom stereocenters. The predicted molar refractivity (Wildman–Crippen MR) is 104 cm³/mol. The van der Waals surface area contributed by atoms with Gasteiger partial charge in [0, 0.05) is 12.1 Å². The molecule has 0 saturated carbocycles. The van der Waals surface area contributed by atoms with Gasteiger partial charge in [0.1, 0.15) is 11.5 Å². The van der Waals surface area contributed by atoms with Crippen LogP contribution in [0.15, 0.2) is 88.6 Å². The Bertz CT molecular complexity index is 876. The highest BCUT2D eigenvalue weighted by atomic mass is 32.1. The molecule has 0 saturated heterocycles. The van der Waals surface area contributed by atoms with Crippen LogP contribution in [0.5, 0.6) is 0 Å². The second-order valence-corrected chi connectivity index (χ2v) is 6.18. The standard InChI is InChI=1S/C20H17N3OS/c25-20(21-16-10-5-2-6-11-16)23-18(15-8-3-1-4-9-15)14-17(22-23)19-12-7-13-24-19/h1-13,18H,14H2,(H,21,25). The summed E-state index contributed by atoms with van der Waals surface area (Å²) in [6, 6.07) is 24.0. The molecule has 0 spiro atoms. The third kappa shape index (κ3) is 3.32. The summed E-state index contributed by atoms with van der Waals surface area (Å²) in [5, 5.41) is 10.4. The fourth-order valence-corrected chi connectivity index (χ4v) is 3.21. The Balaban J connectivity index is 1.63. The van der Waals surface area contributed by atoms with Crippen molar-refractivity contribution in [3.05, 3.63) is 90.4 Å². The second kappa shape index (κ2) is 6.91. The number of hydrazone groups is 1. The molecule has 2 aromatic carbocycles. The quantitative estimate of drug-likeness (QED) is 0.689. The van der Waals surface area contributed by atoms with Crippen LogP contribution in [0.4, 0.5) is 5.69 Å².